The van der Waals surface area contributed by atoms with Gasteiger partial charge in [0.2, 0.25) is 0 Å². The van der Waals surface area contributed by atoms with Crippen LogP contribution in [-0.2, 0) is 19.5 Å². The Hall–Kier alpha value is -0.860. The van der Waals surface area contributed by atoms with Crippen molar-refractivity contribution in [1.29, 1.82) is 0 Å². The standard InChI is InChI=1S/C13H24N6.HI/c1-2-3-4-5-8-15-13(14)16-10-12-18-17-11-7-6-9-19(11)12;/h2-10H2,1H3,(H3,14,15,16);1H. The van der Waals surface area contributed by atoms with Crippen LogP contribution in [0.4, 0.5) is 0 Å². The molecule has 114 valence electrons. The number of nitrogens with one attached hydrogen (secondary N) is 1. The van der Waals surface area contributed by atoms with E-state index in [1.54, 1.807) is 0 Å². The number of rotatable bonds is 7. The number of unbranched alkanes of at least 4 members (excludes halogenated alkanes) is 3. The molecular weight excluding hydrogens is 367 g/mol. The SMILES string of the molecule is CCCCCCNC(N)=NCc1nnc2n1CCC2.I. The molecule has 0 aliphatic carbocycles. The first-order chi connectivity index (χ1) is 9.31. The molecule has 1 aliphatic heterocycles. The van der Waals surface area contributed by atoms with E-state index in [2.05, 4.69) is 32.0 Å². The minimum atomic E-state index is 0. The first kappa shape index (κ1) is 17.2. The van der Waals surface area contributed by atoms with Crippen molar-refractivity contribution < 1.29 is 0 Å². The maximum atomic E-state index is 5.83. The predicted octanol–water partition coefficient (Wildman–Crippen LogP) is 1.83. The van der Waals surface area contributed by atoms with Crippen molar-refractivity contribution in [2.75, 3.05) is 6.54 Å². The smallest absolute Gasteiger partial charge is 0.189 e. The van der Waals surface area contributed by atoms with Gasteiger partial charge in [0.1, 0.15) is 12.4 Å². The Balaban J connectivity index is 0.00000200. The highest BCUT2D eigenvalue weighted by molar-refractivity contribution is 14.0. The minimum Gasteiger partial charge on any atom is -0.370 e. The Bertz CT molecular complexity index is 428. The lowest BCUT2D eigenvalue weighted by Crippen LogP contribution is -2.32. The van der Waals surface area contributed by atoms with Gasteiger partial charge < -0.3 is 15.6 Å². The summed E-state index contributed by atoms with van der Waals surface area (Å²) in [6, 6.07) is 0. The fraction of sp³-hybridized carbons (Fsp3) is 0.769. The number of aliphatic imine (C=N–C) groups is 1. The van der Waals surface area contributed by atoms with Crippen LogP contribution in [0.25, 0.3) is 0 Å². The summed E-state index contributed by atoms with van der Waals surface area (Å²) >= 11 is 0. The molecule has 0 amide bonds. The zero-order valence-corrected chi connectivity index (χ0v) is 14.5. The zero-order valence-electron chi connectivity index (χ0n) is 12.1. The Kier molecular flexibility index (Phi) is 7.86. The van der Waals surface area contributed by atoms with Gasteiger partial charge in [-0.2, -0.15) is 0 Å². The average molecular weight is 392 g/mol. The van der Waals surface area contributed by atoms with E-state index in [0.29, 0.717) is 12.5 Å². The maximum absolute atomic E-state index is 5.83. The number of hydrogen-bond acceptors (Lipinski definition) is 3. The Morgan fingerprint density at radius 2 is 2.20 bits per heavy atom. The number of aromatic nitrogens is 3. The van der Waals surface area contributed by atoms with Crippen LogP contribution in [0.3, 0.4) is 0 Å². The highest BCUT2D eigenvalue weighted by atomic mass is 127. The van der Waals surface area contributed by atoms with E-state index in [-0.39, 0.29) is 24.0 Å². The maximum Gasteiger partial charge on any atom is 0.189 e. The summed E-state index contributed by atoms with van der Waals surface area (Å²) in [5.41, 5.74) is 5.83. The molecule has 1 aromatic rings. The molecule has 20 heavy (non-hydrogen) atoms. The quantitative estimate of drug-likeness (QED) is 0.321. The van der Waals surface area contributed by atoms with E-state index in [4.69, 9.17) is 5.73 Å². The molecule has 1 aliphatic rings. The van der Waals surface area contributed by atoms with Crippen molar-refractivity contribution in [1.82, 2.24) is 20.1 Å². The van der Waals surface area contributed by atoms with E-state index in [0.717, 1.165) is 44.0 Å². The summed E-state index contributed by atoms with van der Waals surface area (Å²) in [5, 5.41) is 11.4. The Morgan fingerprint density at radius 3 is 3.00 bits per heavy atom. The van der Waals surface area contributed by atoms with E-state index >= 15 is 0 Å². The van der Waals surface area contributed by atoms with Crippen LogP contribution in [0.5, 0.6) is 0 Å². The van der Waals surface area contributed by atoms with Crippen LogP contribution in [0.2, 0.25) is 0 Å². The molecule has 0 atom stereocenters. The van der Waals surface area contributed by atoms with Crippen LogP contribution < -0.4 is 11.1 Å². The highest BCUT2D eigenvalue weighted by Crippen LogP contribution is 2.14. The molecule has 0 fully saturated rings. The lowest BCUT2D eigenvalue weighted by molar-refractivity contribution is 0.650. The second-order valence-corrected chi connectivity index (χ2v) is 4.98. The summed E-state index contributed by atoms with van der Waals surface area (Å²) in [4.78, 5) is 4.32. The molecule has 2 heterocycles. The third-order valence-electron chi connectivity index (χ3n) is 3.41. The van der Waals surface area contributed by atoms with Gasteiger partial charge >= 0.3 is 0 Å². The van der Waals surface area contributed by atoms with Crippen molar-refractivity contribution in [3.8, 4) is 0 Å². The molecule has 0 aromatic carbocycles. The number of hydrogen-bond donors (Lipinski definition) is 2. The third-order valence-corrected chi connectivity index (χ3v) is 3.41. The predicted molar refractivity (Wildman–Crippen MR) is 91.2 cm³/mol. The molecule has 2 rings (SSSR count). The summed E-state index contributed by atoms with van der Waals surface area (Å²) in [5.74, 6) is 2.51. The summed E-state index contributed by atoms with van der Waals surface area (Å²) in [6.07, 6.45) is 7.11. The molecule has 6 nitrogen and oxygen atoms in total. The van der Waals surface area contributed by atoms with Crippen molar-refractivity contribution in [2.45, 2.75) is 58.5 Å². The van der Waals surface area contributed by atoms with Crippen molar-refractivity contribution >= 4 is 29.9 Å². The van der Waals surface area contributed by atoms with Crippen LogP contribution in [0.1, 0.15) is 50.7 Å². The van der Waals surface area contributed by atoms with Crippen molar-refractivity contribution in [3.63, 3.8) is 0 Å². The van der Waals surface area contributed by atoms with Crippen LogP contribution >= 0.6 is 24.0 Å². The molecule has 1 aromatic heterocycles. The number of nitrogens with two attached hydrogens (primary N) is 1. The third kappa shape index (κ3) is 4.92. The van der Waals surface area contributed by atoms with E-state index in [1.165, 1.54) is 19.3 Å². The van der Waals surface area contributed by atoms with Gasteiger partial charge in [-0.3, -0.25) is 0 Å². The van der Waals surface area contributed by atoms with Crippen molar-refractivity contribution in [3.05, 3.63) is 11.6 Å². The fourth-order valence-electron chi connectivity index (χ4n) is 2.31. The van der Waals surface area contributed by atoms with Gasteiger partial charge in [0, 0.05) is 19.5 Å². The molecule has 0 spiro atoms. The highest BCUT2D eigenvalue weighted by Gasteiger charge is 2.16. The lowest BCUT2D eigenvalue weighted by atomic mass is 10.2. The molecule has 0 unspecified atom stereocenters. The van der Waals surface area contributed by atoms with Gasteiger partial charge in [0.05, 0.1) is 0 Å². The topological polar surface area (TPSA) is 81.1 Å². The average Bonchev–Trinajstić information content (AvgIpc) is 2.99. The van der Waals surface area contributed by atoms with Crippen LogP contribution in [0, 0.1) is 0 Å². The Labute approximate surface area is 137 Å². The molecule has 3 N–H and O–H groups in total. The van der Waals surface area contributed by atoms with Gasteiger partial charge in [-0.1, -0.05) is 26.2 Å². The van der Waals surface area contributed by atoms with E-state index < -0.39 is 0 Å². The largest absolute Gasteiger partial charge is 0.370 e. The second-order valence-electron chi connectivity index (χ2n) is 4.98. The number of fused-ring (bicyclic) bond motifs is 1. The van der Waals surface area contributed by atoms with E-state index in [1.807, 2.05) is 0 Å². The van der Waals surface area contributed by atoms with Crippen LogP contribution in [-0.4, -0.2) is 27.3 Å². The number of nitrogens with zero attached hydrogens (tertiary/aromatic N) is 4. The molecule has 0 saturated carbocycles. The van der Waals surface area contributed by atoms with Gasteiger partial charge in [-0.15, -0.1) is 34.2 Å². The summed E-state index contributed by atoms with van der Waals surface area (Å²) < 4.78 is 2.15. The molecular formula is C13H25IN6. The molecule has 0 radical (unpaired) electrons. The van der Waals surface area contributed by atoms with Crippen LogP contribution in [0.15, 0.2) is 4.99 Å². The summed E-state index contributed by atoms with van der Waals surface area (Å²) in [6.45, 7) is 4.63. The van der Waals surface area contributed by atoms with Crippen molar-refractivity contribution in [2.24, 2.45) is 10.7 Å². The first-order valence-electron chi connectivity index (χ1n) is 7.26. The molecule has 0 saturated heterocycles. The number of halogens is 1. The van der Waals surface area contributed by atoms with Gasteiger partial charge in [0.25, 0.3) is 0 Å². The number of aryl methyl sites for hydroxylation is 1. The monoisotopic (exact) mass is 392 g/mol. The normalized spacial score (nSPS) is 13.9. The lowest BCUT2D eigenvalue weighted by Gasteiger charge is -2.05. The molecule has 0 bridgehead atoms. The molecule has 7 heteroatoms. The van der Waals surface area contributed by atoms with Gasteiger partial charge in [-0.05, 0) is 12.8 Å². The zero-order chi connectivity index (χ0) is 13.5. The Morgan fingerprint density at radius 1 is 1.35 bits per heavy atom. The van der Waals surface area contributed by atoms with E-state index in [9.17, 15) is 0 Å². The minimum absolute atomic E-state index is 0. The summed E-state index contributed by atoms with van der Waals surface area (Å²) in [7, 11) is 0. The van der Waals surface area contributed by atoms with Gasteiger partial charge in [0.15, 0.2) is 11.8 Å². The second kappa shape index (κ2) is 9.15. The van der Waals surface area contributed by atoms with Gasteiger partial charge in [-0.25, -0.2) is 4.99 Å². The first-order valence-corrected chi connectivity index (χ1v) is 7.26. The fourth-order valence-corrected chi connectivity index (χ4v) is 2.31. The number of guanidine groups is 1.